The zero-order valence-electron chi connectivity index (χ0n) is 24.1. The first kappa shape index (κ1) is 29.5. The predicted molar refractivity (Wildman–Crippen MR) is 160 cm³/mol. The highest BCUT2D eigenvalue weighted by Crippen LogP contribution is 2.25. The van der Waals surface area contributed by atoms with Crippen molar-refractivity contribution >= 4 is 28.6 Å². The first-order valence-corrected chi connectivity index (χ1v) is 14.7. The summed E-state index contributed by atoms with van der Waals surface area (Å²) in [6, 6.07) is 12.9. The fourth-order valence-electron chi connectivity index (χ4n) is 5.34. The molecule has 1 aliphatic heterocycles. The Morgan fingerprint density at radius 2 is 1.93 bits per heavy atom. The Bertz CT molecular complexity index is 1780. The number of fused-ring (bicyclic) bond motifs is 1. The van der Waals surface area contributed by atoms with E-state index < -0.39 is 11.8 Å². The van der Waals surface area contributed by atoms with Crippen LogP contribution in [0, 0.1) is 5.82 Å². The lowest BCUT2D eigenvalue weighted by molar-refractivity contribution is 0.0697. The molecule has 0 aliphatic carbocycles. The number of hydrogen-bond donors (Lipinski definition) is 1. The third kappa shape index (κ3) is 6.66. The van der Waals surface area contributed by atoms with Crippen LogP contribution in [0.15, 0.2) is 61.1 Å². The summed E-state index contributed by atoms with van der Waals surface area (Å²) in [5.74, 6) is 0.901. The SMILES string of the molecule is CCn1cnnc1Cn1c(CN2CCC(Oc3ccnc(COc4ccc(Cl)cc4F)c3)CC2)nc2ccc(C(=O)O)cc21. The van der Waals surface area contributed by atoms with Gasteiger partial charge < -0.3 is 23.7 Å². The van der Waals surface area contributed by atoms with Gasteiger partial charge in [-0.15, -0.1) is 10.2 Å². The average molecular weight is 620 g/mol. The number of piperidine rings is 1. The molecule has 2 aromatic carbocycles. The Morgan fingerprint density at radius 3 is 2.70 bits per heavy atom. The van der Waals surface area contributed by atoms with E-state index in [1.165, 1.54) is 12.1 Å². The van der Waals surface area contributed by atoms with E-state index >= 15 is 0 Å². The number of pyridine rings is 1. The molecule has 0 bridgehead atoms. The largest absolute Gasteiger partial charge is 0.490 e. The summed E-state index contributed by atoms with van der Waals surface area (Å²) in [5.41, 5.74) is 2.32. The van der Waals surface area contributed by atoms with Crippen LogP contribution >= 0.6 is 11.6 Å². The number of aryl methyl sites for hydroxylation is 1. The standard InChI is InChI=1S/C31H31ClFN7O4/c1-2-39-19-35-37-30(39)17-40-27-13-20(31(41)42)3-5-26(27)36-29(40)16-38-11-8-23(9-12-38)44-24-7-10-34-22(15-24)18-43-28-6-4-21(32)14-25(28)33/h3-7,10,13-15,19,23H,2,8-9,11-12,16-18H2,1H3,(H,41,42). The number of aromatic carboxylic acids is 1. The van der Waals surface area contributed by atoms with Crippen LogP contribution < -0.4 is 9.47 Å². The van der Waals surface area contributed by atoms with E-state index in [-0.39, 0.29) is 24.0 Å². The molecule has 1 saturated heterocycles. The van der Waals surface area contributed by atoms with Crippen LogP contribution in [0.25, 0.3) is 11.0 Å². The zero-order valence-corrected chi connectivity index (χ0v) is 24.8. The van der Waals surface area contributed by atoms with Crippen molar-refractivity contribution in [2.75, 3.05) is 13.1 Å². The lowest BCUT2D eigenvalue weighted by atomic mass is 10.1. The molecule has 0 atom stereocenters. The van der Waals surface area contributed by atoms with Gasteiger partial charge in [-0.25, -0.2) is 14.2 Å². The molecule has 1 fully saturated rings. The van der Waals surface area contributed by atoms with Crippen molar-refractivity contribution in [2.45, 2.75) is 52.1 Å². The number of hydrogen-bond acceptors (Lipinski definition) is 8. The van der Waals surface area contributed by atoms with E-state index in [1.54, 1.807) is 36.8 Å². The monoisotopic (exact) mass is 619 g/mol. The molecule has 44 heavy (non-hydrogen) atoms. The minimum absolute atomic E-state index is 0.0242. The molecule has 5 aromatic rings. The Morgan fingerprint density at radius 1 is 1.09 bits per heavy atom. The Labute approximate surface area is 257 Å². The van der Waals surface area contributed by atoms with Crippen LogP contribution in [-0.2, 0) is 26.2 Å². The van der Waals surface area contributed by atoms with E-state index in [2.05, 4.69) is 20.1 Å². The number of imidazole rings is 1. The van der Waals surface area contributed by atoms with Crippen LogP contribution in [0.5, 0.6) is 11.5 Å². The number of ether oxygens (including phenoxy) is 2. The molecule has 1 N–H and O–H groups in total. The lowest BCUT2D eigenvalue weighted by Gasteiger charge is -2.32. The molecular weight excluding hydrogens is 589 g/mol. The molecule has 0 spiro atoms. The van der Waals surface area contributed by atoms with Crippen molar-refractivity contribution < 1.29 is 23.8 Å². The van der Waals surface area contributed by atoms with Gasteiger partial charge in [-0.3, -0.25) is 9.88 Å². The smallest absolute Gasteiger partial charge is 0.335 e. The number of halogens is 2. The van der Waals surface area contributed by atoms with Gasteiger partial charge in [0.05, 0.1) is 35.4 Å². The predicted octanol–water partition coefficient (Wildman–Crippen LogP) is 5.20. The van der Waals surface area contributed by atoms with Gasteiger partial charge in [0.25, 0.3) is 0 Å². The van der Waals surface area contributed by atoms with E-state index in [4.69, 9.17) is 26.1 Å². The van der Waals surface area contributed by atoms with Crippen LogP contribution in [-0.4, -0.2) is 64.5 Å². The van der Waals surface area contributed by atoms with E-state index in [9.17, 15) is 14.3 Å². The minimum atomic E-state index is -0.982. The molecule has 1 aliphatic rings. The van der Waals surface area contributed by atoms with E-state index in [1.807, 2.05) is 28.2 Å². The number of likely N-dealkylation sites (tertiary alicyclic amines) is 1. The van der Waals surface area contributed by atoms with Crippen molar-refractivity contribution in [2.24, 2.45) is 0 Å². The zero-order chi connectivity index (χ0) is 30.6. The molecule has 6 rings (SSSR count). The number of nitrogens with zero attached hydrogens (tertiary/aromatic N) is 7. The van der Waals surface area contributed by atoms with E-state index in [0.717, 1.165) is 55.2 Å². The second-order valence-electron chi connectivity index (χ2n) is 10.6. The van der Waals surface area contributed by atoms with Crippen molar-refractivity contribution in [1.82, 2.24) is 34.2 Å². The summed E-state index contributed by atoms with van der Waals surface area (Å²) in [4.78, 5) is 23.2. The molecule has 3 aromatic heterocycles. The number of carbonyl (C=O) groups is 1. The molecule has 13 heteroatoms. The first-order valence-electron chi connectivity index (χ1n) is 14.4. The minimum Gasteiger partial charge on any atom is -0.490 e. The molecule has 11 nitrogen and oxygen atoms in total. The Kier molecular flexibility index (Phi) is 8.71. The van der Waals surface area contributed by atoms with Gasteiger partial charge in [-0.05, 0) is 62.2 Å². The quantitative estimate of drug-likeness (QED) is 0.213. The van der Waals surface area contributed by atoms with Gasteiger partial charge >= 0.3 is 5.97 Å². The maximum absolute atomic E-state index is 14.1. The normalized spacial score (nSPS) is 14.2. The van der Waals surface area contributed by atoms with Crippen molar-refractivity contribution in [3.8, 4) is 11.5 Å². The number of aromatic nitrogens is 6. The summed E-state index contributed by atoms with van der Waals surface area (Å²) in [5, 5.41) is 18.2. The van der Waals surface area contributed by atoms with Crippen LogP contribution in [0.2, 0.25) is 5.02 Å². The average Bonchev–Trinajstić information content (AvgIpc) is 3.61. The van der Waals surface area contributed by atoms with Crippen molar-refractivity contribution in [3.63, 3.8) is 0 Å². The number of carboxylic acid groups (broad SMARTS) is 1. The number of carboxylic acids is 1. The summed E-state index contributed by atoms with van der Waals surface area (Å²) < 4.78 is 29.9. The number of rotatable bonds is 11. The fraction of sp³-hybridized carbons (Fsp3) is 0.323. The molecule has 0 amide bonds. The Hall–Kier alpha value is -4.55. The maximum Gasteiger partial charge on any atom is 0.335 e. The highest BCUT2D eigenvalue weighted by atomic mass is 35.5. The second-order valence-corrected chi connectivity index (χ2v) is 11.0. The molecule has 0 unspecified atom stereocenters. The summed E-state index contributed by atoms with van der Waals surface area (Å²) in [7, 11) is 0. The Balaban J connectivity index is 1.10. The third-order valence-corrected chi connectivity index (χ3v) is 7.91. The lowest BCUT2D eigenvalue weighted by Crippen LogP contribution is -2.38. The van der Waals surface area contributed by atoms with Gasteiger partial charge in [-0.1, -0.05) is 11.6 Å². The van der Waals surface area contributed by atoms with Crippen molar-refractivity contribution in [3.05, 3.63) is 94.8 Å². The van der Waals surface area contributed by atoms with Gasteiger partial charge in [0.15, 0.2) is 17.4 Å². The van der Waals surface area contributed by atoms with Crippen LogP contribution in [0.1, 0.15) is 47.5 Å². The summed E-state index contributed by atoms with van der Waals surface area (Å²) in [6.07, 6.45) is 5.01. The molecular formula is C31H31ClFN7O4. The van der Waals surface area contributed by atoms with Gasteiger partial charge in [0.2, 0.25) is 0 Å². The van der Waals surface area contributed by atoms with E-state index in [0.29, 0.717) is 29.6 Å². The van der Waals surface area contributed by atoms with Crippen molar-refractivity contribution in [1.29, 1.82) is 0 Å². The summed E-state index contributed by atoms with van der Waals surface area (Å²) >= 11 is 5.82. The second kappa shape index (κ2) is 13.0. The highest BCUT2D eigenvalue weighted by molar-refractivity contribution is 6.30. The molecule has 228 valence electrons. The first-order chi connectivity index (χ1) is 21.4. The summed E-state index contributed by atoms with van der Waals surface area (Å²) in [6.45, 7) is 5.48. The van der Waals surface area contributed by atoms with Gasteiger partial charge in [0, 0.05) is 36.9 Å². The van der Waals surface area contributed by atoms with Gasteiger partial charge in [-0.2, -0.15) is 0 Å². The topological polar surface area (TPSA) is 120 Å². The number of benzene rings is 2. The van der Waals surface area contributed by atoms with Gasteiger partial charge in [0.1, 0.15) is 30.6 Å². The molecule has 0 radical (unpaired) electrons. The maximum atomic E-state index is 14.1. The van der Waals surface area contributed by atoms with Crippen LogP contribution in [0.4, 0.5) is 4.39 Å². The fourth-order valence-corrected chi connectivity index (χ4v) is 5.50. The third-order valence-electron chi connectivity index (χ3n) is 7.67. The molecule has 0 saturated carbocycles. The van der Waals surface area contributed by atoms with Crippen LogP contribution in [0.3, 0.4) is 0 Å². The highest BCUT2D eigenvalue weighted by Gasteiger charge is 2.24. The molecule has 4 heterocycles.